The molecule has 1 saturated carbocycles. The Morgan fingerprint density at radius 2 is 2.09 bits per heavy atom. The lowest BCUT2D eigenvalue weighted by Crippen LogP contribution is -2.41. The minimum atomic E-state index is -0.181. The van der Waals surface area contributed by atoms with Crippen LogP contribution in [-0.2, 0) is 10.2 Å². The zero-order valence-electron chi connectivity index (χ0n) is 13.8. The first kappa shape index (κ1) is 16.2. The zero-order valence-corrected chi connectivity index (χ0v) is 13.8. The van der Waals surface area contributed by atoms with Crippen LogP contribution in [0.3, 0.4) is 0 Å². The highest BCUT2D eigenvalue weighted by Crippen LogP contribution is 2.48. The molecule has 126 valence electrons. The monoisotopic (exact) mass is 319 g/mol. The minimum Gasteiger partial charge on any atom is -0.376 e. The summed E-state index contributed by atoms with van der Waals surface area (Å²) < 4.78 is 18.7. The van der Waals surface area contributed by atoms with Crippen molar-refractivity contribution in [3.63, 3.8) is 0 Å². The molecule has 2 aliphatic rings. The van der Waals surface area contributed by atoms with Crippen LogP contribution in [0, 0.1) is 5.82 Å². The Labute approximate surface area is 137 Å². The van der Waals surface area contributed by atoms with Gasteiger partial charge in [0.1, 0.15) is 5.82 Å². The summed E-state index contributed by atoms with van der Waals surface area (Å²) in [6.07, 6.45) is 4.80. The van der Waals surface area contributed by atoms with Gasteiger partial charge in [-0.2, -0.15) is 0 Å². The normalized spacial score (nSPS) is 22.9. The van der Waals surface area contributed by atoms with Gasteiger partial charge in [0.15, 0.2) is 5.96 Å². The SMILES string of the molecule is CCNC(=NCC1(c2ccc(F)cc2)CC1)NCC1CCCO1. The van der Waals surface area contributed by atoms with Gasteiger partial charge >= 0.3 is 0 Å². The third-order valence-corrected chi connectivity index (χ3v) is 4.72. The van der Waals surface area contributed by atoms with Crippen molar-refractivity contribution in [2.45, 2.75) is 44.1 Å². The van der Waals surface area contributed by atoms with Crippen LogP contribution in [-0.4, -0.2) is 38.3 Å². The van der Waals surface area contributed by atoms with Gasteiger partial charge in [0.2, 0.25) is 0 Å². The molecule has 23 heavy (non-hydrogen) atoms. The van der Waals surface area contributed by atoms with E-state index in [9.17, 15) is 4.39 Å². The van der Waals surface area contributed by atoms with E-state index in [4.69, 9.17) is 9.73 Å². The molecule has 3 rings (SSSR count). The van der Waals surface area contributed by atoms with Gasteiger partial charge in [0, 0.05) is 25.1 Å². The van der Waals surface area contributed by atoms with Gasteiger partial charge in [-0.25, -0.2) is 4.39 Å². The molecule has 5 heteroatoms. The van der Waals surface area contributed by atoms with E-state index < -0.39 is 0 Å². The molecular formula is C18H26FN3O. The number of guanidine groups is 1. The quantitative estimate of drug-likeness (QED) is 0.626. The van der Waals surface area contributed by atoms with E-state index in [0.717, 1.165) is 57.9 Å². The Bertz CT molecular complexity index is 534. The molecule has 0 spiro atoms. The molecule has 0 aromatic heterocycles. The largest absolute Gasteiger partial charge is 0.376 e. The van der Waals surface area contributed by atoms with Crippen LogP contribution < -0.4 is 10.6 Å². The van der Waals surface area contributed by atoms with Gasteiger partial charge in [-0.3, -0.25) is 4.99 Å². The summed E-state index contributed by atoms with van der Waals surface area (Å²) in [6, 6.07) is 6.87. The molecular weight excluding hydrogens is 293 g/mol. The average molecular weight is 319 g/mol. The lowest BCUT2D eigenvalue weighted by atomic mass is 9.96. The predicted molar refractivity (Wildman–Crippen MR) is 90.3 cm³/mol. The number of aliphatic imine (C=N–C) groups is 1. The lowest BCUT2D eigenvalue weighted by molar-refractivity contribution is 0.114. The first-order valence-electron chi connectivity index (χ1n) is 8.62. The molecule has 1 aromatic rings. The lowest BCUT2D eigenvalue weighted by Gasteiger charge is -2.17. The smallest absolute Gasteiger partial charge is 0.191 e. The summed E-state index contributed by atoms with van der Waals surface area (Å²) in [6.45, 7) is 5.31. The molecule has 1 aromatic carbocycles. The Hall–Kier alpha value is -1.62. The van der Waals surface area contributed by atoms with Crippen molar-refractivity contribution in [2.75, 3.05) is 26.2 Å². The van der Waals surface area contributed by atoms with Gasteiger partial charge in [-0.05, 0) is 50.3 Å². The van der Waals surface area contributed by atoms with E-state index in [1.165, 1.54) is 5.56 Å². The van der Waals surface area contributed by atoms with Crippen molar-refractivity contribution in [1.82, 2.24) is 10.6 Å². The summed E-state index contributed by atoms with van der Waals surface area (Å²) in [5.41, 5.74) is 1.29. The van der Waals surface area contributed by atoms with Crippen LogP contribution >= 0.6 is 0 Å². The molecule has 1 unspecified atom stereocenters. The van der Waals surface area contributed by atoms with Gasteiger partial charge in [-0.15, -0.1) is 0 Å². The van der Waals surface area contributed by atoms with Crippen LogP contribution in [0.1, 0.15) is 38.2 Å². The number of rotatable bonds is 6. The average Bonchev–Trinajstić information content (AvgIpc) is 3.16. The van der Waals surface area contributed by atoms with Gasteiger partial charge in [-0.1, -0.05) is 12.1 Å². The van der Waals surface area contributed by atoms with Crippen LogP contribution in [0.5, 0.6) is 0 Å². The first-order chi connectivity index (χ1) is 11.2. The minimum absolute atomic E-state index is 0.0971. The maximum atomic E-state index is 13.1. The van der Waals surface area contributed by atoms with Crippen molar-refractivity contribution in [1.29, 1.82) is 0 Å². The van der Waals surface area contributed by atoms with E-state index in [1.54, 1.807) is 12.1 Å². The maximum absolute atomic E-state index is 13.1. The summed E-state index contributed by atoms with van der Waals surface area (Å²) in [5.74, 6) is 0.663. The maximum Gasteiger partial charge on any atom is 0.191 e. The zero-order chi connectivity index (χ0) is 16.1. The topological polar surface area (TPSA) is 45.7 Å². The van der Waals surface area contributed by atoms with E-state index >= 15 is 0 Å². The van der Waals surface area contributed by atoms with Crippen LogP contribution in [0.25, 0.3) is 0 Å². The van der Waals surface area contributed by atoms with E-state index in [-0.39, 0.29) is 11.2 Å². The Morgan fingerprint density at radius 1 is 1.30 bits per heavy atom. The highest BCUT2D eigenvalue weighted by atomic mass is 19.1. The Morgan fingerprint density at radius 3 is 2.70 bits per heavy atom. The van der Waals surface area contributed by atoms with Crippen molar-refractivity contribution < 1.29 is 9.13 Å². The number of hydrogen-bond donors (Lipinski definition) is 2. The first-order valence-corrected chi connectivity index (χ1v) is 8.62. The fourth-order valence-electron chi connectivity index (χ4n) is 3.08. The molecule has 1 saturated heterocycles. The summed E-state index contributed by atoms with van der Waals surface area (Å²) in [4.78, 5) is 4.75. The summed E-state index contributed by atoms with van der Waals surface area (Å²) in [5, 5.41) is 6.67. The second-order valence-corrected chi connectivity index (χ2v) is 6.50. The molecule has 1 heterocycles. The highest BCUT2D eigenvalue weighted by molar-refractivity contribution is 5.79. The molecule has 2 fully saturated rings. The van der Waals surface area contributed by atoms with Crippen LogP contribution in [0.15, 0.2) is 29.3 Å². The Kier molecular flexibility index (Phi) is 5.16. The molecule has 0 amide bonds. The molecule has 2 N–H and O–H groups in total. The number of halogens is 1. The van der Waals surface area contributed by atoms with E-state index in [0.29, 0.717) is 6.10 Å². The fourth-order valence-corrected chi connectivity index (χ4v) is 3.08. The molecule has 1 aliphatic heterocycles. The summed E-state index contributed by atoms with van der Waals surface area (Å²) in [7, 11) is 0. The second-order valence-electron chi connectivity index (χ2n) is 6.50. The van der Waals surface area contributed by atoms with Gasteiger partial charge in [0.05, 0.1) is 12.6 Å². The van der Waals surface area contributed by atoms with Crippen molar-refractivity contribution >= 4 is 5.96 Å². The standard InChI is InChI=1S/C18H26FN3O/c1-2-20-17(21-12-16-4-3-11-23-16)22-13-18(9-10-18)14-5-7-15(19)8-6-14/h5-8,16H,2-4,9-13H2,1H3,(H2,20,21,22). The number of ether oxygens (including phenoxy) is 1. The molecule has 0 bridgehead atoms. The summed E-state index contributed by atoms with van der Waals surface area (Å²) >= 11 is 0. The molecule has 4 nitrogen and oxygen atoms in total. The Balaban J connectivity index is 1.59. The van der Waals surface area contributed by atoms with Crippen molar-refractivity contribution in [2.24, 2.45) is 4.99 Å². The van der Waals surface area contributed by atoms with Crippen molar-refractivity contribution in [3.05, 3.63) is 35.6 Å². The van der Waals surface area contributed by atoms with Crippen LogP contribution in [0.4, 0.5) is 4.39 Å². The third kappa shape index (κ3) is 4.22. The van der Waals surface area contributed by atoms with E-state index in [1.807, 2.05) is 12.1 Å². The predicted octanol–water partition coefficient (Wildman–Crippen LogP) is 2.59. The molecule has 0 radical (unpaired) electrons. The van der Waals surface area contributed by atoms with Gasteiger partial charge in [0.25, 0.3) is 0 Å². The number of nitrogens with one attached hydrogen (secondary N) is 2. The van der Waals surface area contributed by atoms with E-state index in [2.05, 4.69) is 17.6 Å². The second kappa shape index (κ2) is 7.30. The highest BCUT2D eigenvalue weighted by Gasteiger charge is 2.44. The van der Waals surface area contributed by atoms with Crippen molar-refractivity contribution in [3.8, 4) is 0 Å². The van der Waals surface area contributed by atoms with Gasteiger partial charge < -0.3 is 15.4 Å². The number of benzene rings is 1. The molecule has 1 atom stereocenters. The number of nitrogens with zero attached hydrogens (tertiary/aromatic N) is 1. The molecule has 1 aliphatic carbocycles. The third-order valence-electron chi connectivity index (χ3n) is 4.72. The number of hydrogen-bond acceptors (Lipinski definition) is 2. The van der Waals surface area contributed by atoms with Crippen LogP contribution in [0.2, 0.25) is 0 Å². The fraction of sp³-hybridized carbons (Fsp3) is 0.611.